The normalized spacial score (nSPS) is 17.3. The van der Waals surface area contributed by atoms with E-state index in [1.54, 1.807) is 12.1 Å². The van der Waals surface area contributed by atoms with Gasteiger partial charge in [0.25, 0.3) is 10.0 Å². The molecule has 1 heterocycles. The lowest BCUT2D eigenvalue weighted by molar-refractivity contribution is 0.454. The minimum absolute atomic E-state index is 0.144. The van der Waals surface area contributed by atoms with Crippen LogP contribution < -0.4 is 10.5 Å². The van der Waals surface area contributed by atoms with Crippen LogP contribution >= 0.6 is 0 Å². The van der Waals surface area contributed by atoms with Gasteiger partial charge in [-0.25, -0.2) is 27.3 Å². The maximum atomic E-state index is 13.6. The largest absolute Gasteiger partial charge is 0.353 e. The van der Waals surface area contributed by atoms with Crippen LogP contribution in [-0.2, 0) is 20.0 Å². The summed E-state index contributed by atoms with van der Waals surface area (Å²) in [7, 11) is -8.28. The molecule has 0 saturated heterocycles. The fourth-order valence-electron chi connectivity index (χ4n) is 3.76. The third-order valence-electron chi connectivity index (χ3n) is 5.93. The summed E-state index contributed by atoms with van der Waals surface area (Å²) in [4.78, 5) is -0.265. The Kier molecular flexibility index (Phi) is 7.90. The molecule has 0 fully saturated rings. The van der Waals surface area contributed by atoms with Crippen molar-refractivity contribution in [3.63, 3.8) is 0 Å². The van der Waals surface area contributed by atoms with Crippen LogP contribution in [0.5, 0.6) is 0 Å². The van der Waals surface area contributed by atoms with Gasteiger partial charge < -0.3 is 5.32 Å². The Morgan fingerprint density at radius 1 is 1.00 bits per heavy atom. The van der Waals surface area contributed by atoms with Crippen LogP contribution in [0.25, 0.3) is 0 Å². The lowest BCUT2D eigenvalue weighted by Gasteiger charge is -2.21. The van der Waals surface area contributed by atoms with Gasteiger partial charge in [-0.2, -0.15) is 13.5 Å². The Hall–Kier alpha value is -3.68. The second-order valence-corrected chi connectivity index (χ2v) is 12.2. The van der Waals surface area contributed by atoms with Gasteiger partial charge in [0.2, 0.25) is 16.0 Å². The van der Waals surface area contributed by atoms with E-state index in [2.05, 4.69) is 14.8 Å². The van der Waals surface area contributed by atoms with Gasteiger partial charge in [0.15, 0.2) is 0 Å². The van der Waals surface area contributed by atoms with Gasteiger partial charge in [0.05, 0.1) is 22.4 Å². The van der Waals surface area contributed by atoms with Crippen molar-refractivity contribution in [1.29, 1.82) is 0 Å². The number of halogens is 2. The Morgan fingerprint density at radius 3 is 2.16 bits per heavy atom. The zero-order valence-electron chi connectivity index (χ0n) is 20.2. The summed E-state index contributed by atoms with van der Waals surface area (Å²) in [6, 6.07) is 19.2. The van der Waals surface area contributed by atoms with E-state index >= 15 is 0 Å². The number of sulfonamides is 2. The number of benzene rings is 3. The molecule has 3 aromatic carbocycles. The fourth-order valence-corrected chi connectivity index (χ4v) is 5.04. The molecule has 4 rings (SSSR count). The Balaban J connectivity index is 1.78. The van der Waals surface area contributed by atoms with Crippen LogP contribution in [0.2, 0.25) is 0 Å². The first-order valence-corrected chi connectivity index (χ1v) is 14.5. The summed E-state index contributed by atoms with van der Waals surface area (Å²) >= 11 is 0. The first-order chi connectivity index (χ1) is 17.9. The van der Waals surface area contributed by atoms with Crippen molar-refractivity contribution in [2.24, 2.45) is 14.6 Å². The average molecular weight is 562 g/mol. The molecule has 0 radical (unpaired) electrons. The Bertz CT molecular complexity index is 1560. The molecule has 0 aliphatic carbocycles. The van der Waals surface area contributed by atoms with Crippen LogP contribution in [0, 0.1) is 11.6 Å². The average Bonchev–Trinajstić information content (AvgIpc) is 3.32. The molecule has 0 spiro atoms. The van der Waals surface area contributed by atoms with Crippen molar-refractivity contribution in [3.05, 3.63) is 102 Å². The molecule has 0 bridgehead atoms. The van der Waals surface area contributed by atoms with Crippen molar-refractivity contribution >= 4 is 31.7 Å². The first kappa shape index (κ1) is 27.4. The van der Waals surface area contributed by atoms with Crippen molar-refractivity contribution in [3.8, 4) is 0 Å². The van der Waals surface area contributed by atoms with E-state index in [0.717, 1.165) is 29.8 Å². The minimum Gasteiger partial charge on any atom is -0.353 e. The van der Waals surface area contributed by atoms with Gasteiger partial charge in [-0.15, -0.1) is 4.40 Å². The van der Waals surface area contributed by atoms with Crippen LogP contribution in [0.1, 0.15) is 24.0 Å². The van der Waals surface area contributed by atoms with Crippen molar-refractivity contribution < 1.29 is 25.6 Å². The molecule has 0 saturated carbocycles. The molecule has 38 heavy (non-hydrogen) atoms. The quantitative estimate of drug-likeness (QED) is 0.337. The molecule has 0 amide bonds. The van der Waals surface area contributed by atoms with Crippen LogP contribution in [0.3, 0.4) is 0 Å². The maximum Gasteiger partial charge on any atom is 0.285 e. The molecule has 1 aliphatic heterocycles. The highest BCUT2D eigenvalue weighted by atomic mass is 32.2. The van der Waals surface area contributed by atoms with Gasteiger partial charge in [0, 0.05) is 12.5 Å². The van der Waals surface area contributed by atoms with Crippen LogP contribution in [-0.4, -0.2) is 51.9 Å². The third kappa shape index (κ3) is 6.41. The Morgan fingerprint density at radius 2 is 1.58 bits per heavy atom. The molecule has 200 valence electrons. The van der Waals surface area contributed by atoms with E-state index in [1.165, 1.54) is 24.1 Å². The van der Waals surface area contributed by atoms with Gasteiger partial charge in [-0.3, -0.25) is 0 Å². The summed E-state index contributed by atoms with van der Waals surface area (Å²) in [5.41, 5.74) is 2.02. The number of primary sulfonamides is 1. The van der Waals surface area contributed by atoms with E-state index in [-0.39, 0.29) is 29.9 Å². The molecule has 1 aliphatic rings. The zero-order valence-corrected chi connectivity index (χ0v) is 21.8. The summed E-state index contributed by atoms with van der Waals surface area (Å²) < 4.78 is 80.6. The molecular formula is C25H25F2N5O4S2. The summed E-state index contributed by atoms with van der Waals surface area (Å²) in [6.45, 7) is 1.24. The third-order valence-corrected chi connectivity index (χ3v) is 8.50. The number of rotatable bonds is 7. The Labute approximate surface area is 219 Å². The topological polar surface area (TPSA) is 134 Å². The predicted octanol–water partition coefficient (Wildman–Crippen LogP) is 2.78. The fraction of sp³-hybridized carbons (Fsp3) is 0.200. The highest BCUT2D eigenvalue weighted by molar-refractivity contribution is 7.90. The number of nitrogens with two attached hydrogens (primary N) is 1. The van der Waals surface area contributed by atoms with E-state index in [4.69, 9.17) is 5.14 Å². The zero-order chi connectivity index (χ0) is 27.5. The summed E-state index contributed by atoms with van der Waals surface area (Å²) in [5, 5.41) is 12.8. The first-order valence-electron chi connectivity index (χ1n) is 11.5. The lowest BCUT2D eigenvalue weighted by Crippen LogP contribution is -2.44. The van der Waals surface area contributed by atoms with E-state index in [1.807, 2.05) is 30.3 Å². The molecule has 13 heteroatoms. The SMILES string of the molecule is C[C@@H](CN/C(=N\S(=O)(=O)c1ccc(F)cc1)N1C[C@H](c2ccccc2)C(c2ccc(F)cc2)=N1)S(N)(=O)=O. The highest BCUT2D eigenvalue weighted by Gasteiger charge is 2.33. The molecule has 3 N–H and O–H groups in total. The lowest BCUT2D eigenvalue weighted by atomic mass is 9.91. The smallest absolute Gasteiger partial charge is 0.285 e. The summed E-state index contributed by atoms with van der Waals surface area (Å²) in [5.74, 6) is -1.64. The van der Waals surface area contributed by atoms with Gasteiger partial charge in [-0.1, -0.05) is 42.5 Å². The number of hydrogen-bond donors (Lipinski definition) is 2. The number of guanidine groups is 1. The van der Waals surface area contributed by atoms with Crippen LogP contribution in [0.4, 0.5) is 8.78 Å². The van der Waals surface area contributed by atoms with Crippen molar-refractivity contribution in [1.82, 2.24) is 10.3 Å². The molecule has 9 nitrogen and oxygen atoms in total. The van der Waals surface area contributed by atoms with Crippen molar-refractivity contribution in [2.45, 2.75) is 23.0 Å². The number of hydrogen-bond acceptors (Lipinski definition) is 5. The van der Waals surface area contributed by atoms with Gasteiger partial charge in [0.1, 0.15) is 11.6 Å². The number of hydrazone groups is 1. The second-order valence-electron chi connectivity index (χ2n) is 8.66. The maximum absolute atomic E-state index is 13.6. The van der Waals surface area contributed by atoms with E-state index < -0.39 is 36.9 Å². The highest BCUT2D eigenvalue weighted by Crippen LogP contribution is 2.29. The molecule has 0 unspecified atom stereocenters. The monoisotopic (exact) mass is 561 g/mol. The van der Waals surface area contributed by atoms with E-state index in [0.29, 0.717) is 11.3 Å². The standard InChI is InChI=1S/C25H25F2N5O4S2/c1-17(37(28,33)34)15-29-25(31-38(35,36)22-13-11-21(27)12-14-22)32-16-23(18-5-3-2-4-6-18)24(30-32)19-7-9-20(26)10-8-19/h2-14,17,23H,15-16H2,1H3,(H,29,31)(H2,28,33,34)/t17-,23+/m0/s1. The predicted molar refractivity (Wildman–Crippen MR) is 140 cm³/mol. The molecular weight excluding hydrogens is 536 g/mol. The summed E-state index contributed by atoms with van der Waals surface area (Å²) in [6.07, 6.45) is 0. The van der Waals surface area contributed by atoms with Crippen molar-refractivity contribution in [2.75, 3.05) is 13.1 Å². The molecule has 0 aromatic heterocycles. The minimum atomic E-state index is -4.35. The number of nitrogens with zero attached hydrogens (tertiary/aromatic N) is 3. The van der Waals surface area contributed by atoms with Gasteiger partial charge in [-0.05, 0) is 54.4 Å². The second kappa shape index (κ2) is 11.0. The molecule has 2 atom stereocenters. The molecule has 3 aromatic rings. The van der Waals surface area contributed by atoms with Gasteiger partial charge >= 0.3 is 0 Å². The van der Waals surface area contributed by atoms with Crippen LogP contribution in [0.15, 0.2) is 93.3 Å². The number of nitrogens with one attached hydrogen (secondary N) is 1. The van der Waals surface area contributed by atoms with E-state index in [9.17, 15) is 25.6 Å².